The molecule has 17 heavy (non-hydrogen) atoms. The number of ether oxygens (including phenoxy) is 1. The minimum Gasteiger partial charge on any atom is -0.459 e. The molecule has 1 unspecified atom stereocenters. The monoisotopic (exact) mass is 232 g/mol. The molecular weight excluding hydrogens is 216 g/mol. The molecule has 3 heterocycles. The summed E-state index contributed by atoms with van der Waals surface area (Å²) in [4.78, 5) is 15.8. The van der Waals surface area contributed by atoms with Crippen molar-refractivity contribution >= 4 is 5.97 Å². The highest BCUT2D eigenvalue weighted by atomic mass is 16.5. The molecule has 0 radical (unpaired) electrons. The first-order valence-corrected chi connectivity index (χ1v) is 6.18. The number of hydrogen-bond acceptors (Lipinski definition) is 4. The van der Waals surface area contributed by atoms with Crippen LogP contribution in [0.4, 0.5) is 0 Å². The molecule has 4 heteroatoms. The summed E-state index contributed by atoms with van der Waals surface area (Å²) in [6.45, 7) is 0. The number of aromatic nitrogens is 1. The standard InChI is InChI=1S/C13H16N2O2/c16-13(9-2-1-5-14-8-9)17-12-6-10-3-4-11(7-12)15-10/h1-2,5,8,10-12,15H,3-4,6-7H2/t10-,11+,12?. The normalized spacial score (nSPS) is 31.2. The minimum absolute atomic E-state index is 0.0708. The van der Waals surface area contributed by atoms with Crippen LogP contribution in [0.15, 0.2) is 24.5 Å². The summed E-state index contributed by atoms with van der Waals surface area (Å²) in [5.74, 6) is -0.246. The Morgan fingerprint density at radius 3 is 2.76 bits per heavy atom. The Morgan fingerprint density at radius 1 is 1.35 bits per heavy atom. The van der Waals surface area contributed by atoms with Crippen LogP contribution in [-0.2, 0) is 4.74 Å². The summed E-state index contributed by atoms with van der Waals surface area (Å²) in [6, 6.07) is 4.58. The lowest BCUT2D eigenvalue weighted by molar-refractivity contribution is 0.0177. The second-order valence-corrected chi connectivity index (χ2v) is 4.88. The number of piperidine rings is 1. The summed E-state index contributed by atoms with van der Waals surface area (Å²) in [5.41, 5.74) is 0.540. The number of carbonyl (C=O) groups excluding carboxylic acids is 1. The van der Waals surface area contributed by atoms with Crippen LogP contribution in [0.2, 0.25) is 0 Å². The molecule has 3 atom stereocenters. The van der Waals surface area contributed by atoms with Crippen LogP contribution in [0.5, 0.6) is 0 Å². The molecule has 0 spiro atoms. The van der Waals surface area contributed by atoms with Crippen LogP contribution < -0.4 is 5.32 Å². The Bertz CT molecular complexity index is 395. The summed E-state index contributed by atoms with van der Waals surface area (Å²) in [7, 11) is 0. The van der Waals surface area contributed by atoms with Crippen molar-refractivity contribution < 1.29 is 9.53 Å². The summed E-state index contributed by atoms with van der Waals surface area (Å²) in [6.07, 6.45) is 7.60. The number of nitrogens with zero attached hydrogens (tertiary/aromatic N) is 1. The van der Waals surface area contributed by atoms with Gasteiger partial charge in [0.1, 0.15) is 6.10 Å². The van der Waals surface area contributed by atoms with Crippen molar-refractivity contribution in [2.75, 3.05) is 0 Å². The van der Waals surface area contributed by atoms with Gasteiger partial charge >= 0.3 is 5.97 Å². The van der Waals surface area contributed by atoms with Crippen molar-refractivity contribution in [2.24, 2.45) is 0 Å². The highest BCUT2D eigenvalue weighted by molar-refractivity contribution is 5.89. The second kappa shape index (κ2) is 4.45. The predicted molar refractivity (Wildman–Crippen MR) is 62.6 cm³/mol. The number of carbonyl (C=O) groups is 1. The van der Waals surface area contributed by atoms with E-state index in [1.807, 2.05) is 0 Å². The molecule has 4 nitrogen and oxygen atoms in total. The number of hydrogen-bond donors (Lipinski definition) is 1. The third-order valence-corrected chi connectivity index (χ3v) is 3.60. The molecule has 0 amide bonds. The van der Waals surface area contributed by atoms with E-state index in [1.54, 1.807) is 24.5 Å². The van der Waals surface area contributed by atoms with E-state index in [1.165, 1.54) is 12.8 Å². The predicted octanol–water partition coefficient (Wildman–Crippen LogP) is 1.52. The van der Waals surface area contributed by atoms with Crippen LogP contribution in [0.1, 0.15) is 36.0 Å². The molecule has 1 N–H and O–H groups in total. The molecule has 2 saturated heterocycles. The van der Waals surface area contributed by atoms with Gasteiger partial charge in [-0.15, -0.1) is 0 Å². The molecule has 2 aliphatic heterocycles. The van der Waals surface area contributed by atoms with Crippen LogP contribution >= 0.6 is 0 Å². The van der Waals surface area contributed by atoms with Gasteiger partial charge in [0.15, 0.2) is 0 Å². The average molecular weight is 232 g/mol. The van der Waals surface area contributed by atoms with Gasteiger partial charge in [-0.25, -0.2) is 4.79 Å². The highest BCUT2D eigenvalue weighted by Crippen LogP contribution is 2.28. The topological polar surface area (TPSA) is 51.2 Å². The maximum Gasteiger partial charge on any atom is 0.339 e. The number of pyridine rings is 1. The van der Waals surface area contributed by atoms with Gasteiger partial charge in [0, 0.05) is 24.5 Å². The van der Waals surface area contributed by atoms with E-state index >= 15 is 0 Å². The fourth-order valence-electron chi connectivity index (χ4n) is 2.80. The minimum atomic E-state index is -0.246. The molecular formula is C13H16N2O2. The fourth-order valence-corrected chi connectivity index (χ4v) is 2.80. The first-order valence-electron chi connectivity index (χ1n) is 6.18. The largest absolute Gasteiger partial charge is 0.459 e. The summed E-state index contributed by atoms with van der Waals surface area (Å²) < 4.78 is 5.54. The first-order chi connectivity index (χ1) is 8.31. The smallest absolute Gasteiger partial charge is 0.339 e. The van der Waals surface area contributed by atoms with E-state index in [0.29, 0.717) is 17.6 Å². The van der Waals surface area contributed by atoms with E-state index < -0.39 is 0 Å². The van der Waals surface area contributed by atoms with E-state index in [-0.39, 0.29) is 12.1 Å². The summed E-state index contributed by atoms with van der Waals surface area (Å²) in [5, 5.41) is 3.53. The molecule has 2 fully saturated rings. The quantitative estimate of drug-likeness (QED) is 0.785. The van der Waals surface area contributed by atoms with E-state index in [2.05, 4.69) is 10.3 Å². The van der Waals surface area contributed by atoms with Crippen molar-refractivity contribution in [2.45, 2.75) is 43.9 Å². The maximum absolute atomic E-state index is 11.9. The molecule has 0 aliphatic carbocycles. The van der Waals surface area contributed by atoms with E-state index in [9.17, 15) is 4.79 Å². The second-order valence-electron chi connectivity index (χ2n) is 4.88. The zero-order valence-electron chi connectivity index (χ0n) is 9.63. The third-order valence-electron chi connectivity index (χ3n) is 3.60. The van der Waals surface area contributed by atoms with Crippen molar-refractivity contribution in [1.29, 1.82) is 0 Å². The van der Waals surface area contributed by atoms with E-state index in [0.717, 1.165) is 12.8 Å². The zero-order valence-corrected chi connectivity index (χ0v) is 9.63. The van der Waals surface area contributed by atoms with Crippen LogP contribution in [0.25, 0.3) is 0 Å². The molecule has 0 saturated carbocycles. The average Bonchev–Trinajstić information content (AvgIpc) is 2.70. The molecule has 2 aliphatic rings. The van der Waals surface area contributed by atoms with Gasteiger partial charge in [-0.05, 0) is 37.8 Å². The van der Waals surface area contributed by atoms with Crippen LogP contribution in [0, 0.1) is 0 Å². The molecule has 90 valence electrons. The van der Waals surface area contributed by atoms with Gasteiger partial charge in [-0.1, -0.05) is 0 Å². The Labute approximate surface area is 100 Å². The van der Waals surface area contributed by atoms with Gasteiger partial charge in [0.05, 0.1) is 5.56 Å². The lowest BCUT2D eigenvalue weighted by Gasteiger charge is -2.28. The Hall–Kier alpha value is -1.42. The number of nitrogens with one attached hydrogen (secondary N) is 1. The van der Waals surface area contributed by atoms with Crippen molar-refractivity contribution in [1.82, 2.24) is 10.3 Å². The van der Waals surface area contributed by atoms with Crippen molar-refractivity contribution in [3.05, 3.63) is 30.1 Å². The Kier molecular flexibility index (Phi) is 2.81. The third kappa shape index (κ3) is 2.31. The molecule has 1 aromatic rings. The Morgan fingerprint density at radius 2 is 2.12 bits per heavy atom. The lowest BCUT2D eigenvalue weighted by Crippen LogP contribution is -2.42. The molecule has 2 bridgehead atoms. The van der Waals surface area contributed by atoms with E-state index in [4.69, 9.17) is 4.74 Å². The number of esters is 1. The zero-order chi connectivity index (χ0) is 11.7. The Balaban J connectivity index is 1.62. The van der Waals surface area contributed by atoms with Crippen LogP contribution in [0.3, 0.4) is 0 Å². The molecule has 3 rings (SSSR count). The van der Waals surface area contributed by atoms with Crippen molar-refractivity contribution in [3.8, 4) is 0 Å². The highest BCUT2D eigenvalue weighted by Gasteiger charge is 2.35. The molecule has 0 aromatic carbocycles. The maximum atomic E-state index is 11.9. The van der Waals surface area contributed by atoms with Gasteiger partial charge in [-0.3, -0.25) is 4.98 Å². The lowest BCUT2D eigenvalue weighted by atomic mass is 10.0. The first kappa shape index (κ1) is 10.7. The molecule has 1 aromatic heterocycles. The summed E-state index contributed by atoms with van der Waals surface area (Å²) >= 11 is 0. The van der Waals surface area contributed by atoms with Crippen LogP contribution in [-0.4, -0.2) is 29.1 Å². The number of fused-ring (bicyclic) bond motifs is 2. The van der Waals surface area contributed by atoms with Crippen molar-refractivity contribution in [3.63, 3.8) is 0 Å². The van der Waals surface area contributed by atoms with Gasteiger partial charge in [0.2, 0.25) is 0 Å². The fraction of sp³-hybridized carbons (Fsp3) is 0.538. The van der Waals surface area contributed by atoms with Gasteiger partial charge in [-0.2, -0.15) is 0 Å². The SMILES string of the molecule is O=C(OC1C[C@H]2CC[C@@H](C1)N2)c1cccnc1. The van der Waals surface area contributed by atoms with Gasteiger partial charge < -0.3 is 10.1 Å². The number of rotatable bonds is 2. The van der Waals surface area contributed by atoms with Gasteiger partial charge in [0.25, 0.3) is 0 Å².